The van der Waals surface area contributed by atoms with Gasteiger partial charge >= 0.3 is 0 Å². The highest BCUT2D eigenvalue weighted by Crippen LogP contribution is 2.24. The second kappa shape index (κ2) is 3.48. The zero-order chi connectivity index (χ0) is 7.40. The maximum absolute atomic E-state index is 9.26. The van der Waals surface area contributed by atoms with E-state index >= 15 is 0 Å². The van der Waals surface area contributed by atoms with E-state index < -0.39 is 0 Å². The minimum absolute atomic E-state index is 0.153. The van der Waals surface area contributed by atoms with Crippen molar-refractivity contribution in [2.75, 3.05) is 7.11 Å². The molecule has 1 N–H and O–H groups in total. The molecule has 2 atom stereocenters. The average molecular weight is 140 g/mol. The lowest BCUT2D eigenvalue weighted by Gasteiger charge is -2.03. The molecule has 0 aromatic carbocycles. The predicted octanol–water partition coefficient (Wildman–Crippen LogP) is 0.755. The Balaban J connectivity index is 2.40. The SMILES string of the molecule is COC#C[C@@H]1CCC[C@H]1O. The van der Waals surface area contributed by atoms with Crippen LogP contribution in [0.4, 0.5) is 0 Å². The van der Waals surface area contributed by atoms with Gasteiger partial charge in [0.05, 0.1) is 13.2 Å². The van der Waals surface area contributed by atoms with Gasteiger partial charge in [-0.05, 0) is 19.3 Å². The van der Waals surface area contributed by atoms with Crippen LogP contribution in [-0.4, -0.2) is 18.3 Å². The second-order valence-electron chi connectivity index (χ2n) is 2.56. The Hall–Kier alpha value is -0.680. The molecule has 0 heterocycles. The van der Waals surface area contributed by atoms with Crippen LogP contribution in [0.15, 0.2) is 0 Å². The number of ether oxygens (including phenoxy) is 1. The zero-order valence-electron chi connectivity index (χ0n) is 6.13. The topological polar surface area (TPSA) is 29.5 Å². The van der Waals surface area contributed by atoms with Crippen molar-refractivity contribution >= 4 is 0 Å². The molecule has 1 fully saturated rings. The van der Waals surface area contributed by atoms with Gasteiger partial charge in [-0.15, -0.1) is 0 Å². The predicted molar refractivity (Wildman–Crippen MR) is 38.1 cm³/mol. The minimum atomic E-state index is -0.220. The number of rotatable bonds is 0. The lowest BCUT2D eigenvalue weighted by molar-refractivity contribution is 0.156. The molecular weight excluding hydrogens is 128 g/mol. The van der Waals surface area contributed by atoms with Gasteiger partial charge in [0.1, 0.15) is 6.11 Å². The Morgan fingerprint density at radius 1 is 1.50 bits per heavy atom. The summed E-state index contributed by atoms with van der Waals surface area (Å²) in [6.45, 7) is 0. The van der Waals surface area contributed by atoms with Crippen LogP contribution in [0, 0.1) is 17.9 Å². The van der Waals surface area contributed by atoms with E-state index in [9.17, 15) is 5.11 Å². The maximum atomic E-state index is 9.26. The first kappa shape index (κ1) is 7.43. The molecule has 0 spiro atoms. The monoisotopic (exact) mass is 140 g/mol. The van der Waals surface area contributed by atoms with Crippen molar-refractivity contribution in [3.63, 3.8) is 0 Å². The Bertz CT molecular complexity index is 154. The molecule has 10 heavy (non-hydrogen) atoms. The van der Waals surface area contributed by atoms with Gasteiger partial charge in [-0.1, -0.05) is 5.92 Å². The van der Waals surface area contributed by atoms with E-state index in [0.717, 1.165) is 19.3 Å². The molecule has 1 rings (SSSR count). The lowest BCUT2D eigenvalue weighted by atomic mass is 10.1. The molecule has 2 heteroatoms. The van der Waals surface area contributed by atoms with Gasteiger partial charge in [-0.3, -0.25) is 0 Å². The summed E-state index contributed by atoms with van der Waals surface area (Å²) in [6.07, 6.45) is 5.28. The molecule has 1 saturated carbocycles. The quantitative estimate of drug-likeness (QED) is 0.503. The molecule has 0 saturated heterocycles. The molecule has 0 bridgehead atoms. The van der Waals surface area contributed by atoms with Gasteiger partial charge in [0, 0.05) is 5.92 Å². The van der Waals surface area contributed by atoms with Crippen LogP contribution in [0.1, 0.15) is 19.3 Å². The summed E-state index contributed by atoms with van der Waals surface area (Å²) >= 11 is 0. The first-order chi connectivity index (χ1) is 4.84. The summed E-state index contributed by atoms with van der Waals surface area (Å²) in [5, 5.41) is 9.26. The van der Waals surface area contributed by atoms with Crippen LogP contribution in [0.5, 0.6) is 0 Å². The Morgan fingerprint density at radius 3 is 2.80 bits per heavy atom. The summed E-state index contributed by atoms with van der Waals surface area (Å²) < 4.78 is 4.58. The number of aliphatic hydroxyl groups excluding tert-OH is 1. The normalized spacial score (nSPS) is 31.0. The Morgan fingerprint density at radius 2 is 2.30 bits per heavy atom. The third-order valence-electron chi connectivity index (χ3n) is 1.83. The number of aliphatic hydroxyl groups is 1. The third-order valence-corrected chi connectivity index (χ3v) is 1.83. The van der Waals surface area contributed by atoms with E-state index in [1.54, 1.807) is 0 Å². The van der Waals surface area contributed by atoms with Crippen molar-refractivity contribution < 1.29 is 9.84 Å². The van der Waals surface area contributed by atoms with Crippen molar-refractivity contribution in [2.45, 2.75) is 25.4 Å². The molecule has 0 aromatic heterocycles. The Labute approximate surface area is 61.2 Å². The fraction of sp³-hybridized carbons (Fsp3) is 0.750. The molecule has 1 aliphatic rings. The summed E-state index contributed by atoms with van der Waals surface area (Å²) in [6, 6.07) is 0. The molecule has 2 nitrogen and oxygen atoms in total. The number of hydrogen-bond acceptors (Lipinski definition) is 2. The van der Waals surface area contributed by atoms with Crippen molar-refractivity contribution in [1.29, 1.82) is 0 Å². The summed E-state index contributed by atoms with van der Waals surface area (Å²) in [4.78, 5) is 0. The van der Waals surface area contributed by atoms with Gasteiger partial charge in [-0.2, -0.15) is 0 Å². The summed E-state index contributed by atoms with van der Waals surface area (Å²) in [7, 11) is 1.54. The maximum Gasteiger partial charge on any atom is 0.110 e. The van der Waals surface area contributed by atoms with E-state index in [1.807, 2.05) is 0 Å². The van der Waals surface area contributed by atoms with Gasteiger partial charge in [0.2, 0.25) is 0 Å². The van der Waals surface area contributed by atoms with Crippen molar-refractivity contribution in [3.8, 4) is 12.0 Å². The van der Waals surface area contributed by atoms with Crippen LogP contribution in [0.25, 0.3) is 0 Å². The van der Waals surface area contributed by atoms with E-state index in [2.05, 4.69) is 16.8 Å². The van der Waals surface area contributed by atoms with Crippen molar-refractivity contribution in [2.24, 2.45) is 5.92 Å². The largest absolute Gasteiger partial charge is 0.450 e. The first-order valence-corrected chi connectivity index (χ1v) is 3.56. The number of methoxy groups -OCH3 is 1. The van der Waals surface area contributed by atoms with Crippen LogP contribution in [-0.2, 0) is 4.74 Å². The van der Waals surface area contributed by atoms with Crippen molar-refractivity contribution in [1.82, 2.24) is 0 Å². The van der Waals surface area contributed by atoms with Gasteiger partial charge in [-0.25, -0.2) is 0 Å². The van der Waals surface area contributed by atoms with E-state index in [0.29, 0.717) is 0 Å². The minimum Gasteiger partial charge on any atom is -0.450 e. The van der Waals surface area contributed by atoms with Crippen LogP contribution < -0.4 is 0 Å². The zero-order valence-corrected chi connectivity index (χ0v) is 6.13. The van der Waals surface area contributed by atoms with Crippen LogP contribution in [0.3, 0.4) is 0 Å². The first-order valence-electron chi connectivity index (χ1n) is 3.56. The summed E-state index contributed by atoms with van der Waals surface area (Å²) in [5.41, 5.74) is 0. The Kier molecular flexibility index (Phi) is 2.58. The highest BCUT2D eigenvalue weighted by Gasteiger charge is 2.22. The van der Waals surface area contributed by atoms with Gasteiger partial charge in [0.15, 0.2) is 0 Å². The fourth-order valence-electron chi connectivity index (χ4n) is 1.24. The summed E-state index contributed by atoms with van der Waals surface area (Å²) in [5.74, 6) is 3.01. The van der Waals surface area contributed by atoms with Gasteiger partial charge < -0.3 is 9.84 Å². The van der Waals surface area contributed by atoms with Crippen molar-refractivity contribution in [3.05, 3.63) is 0 Å². The molecule has 0 aromatic rings. The van der Waals surface area contributed by atoms with Gasteiger partial charge in [0.25, 0.3) is 0 Å². The average Bonchev–Trinajstić information content (AvgIpc) is 2.31. The molecule has 0 radical (unpaired) electrons. The third kappa shape index (κ3) is 1.65. The smallest absolute Gasteiger partial charge is 0.110 e. The molecule has 1 aliphatic carbocycles. The second-order valence-corrected chi connectivity index (χ2v) is 2.56. The van der Waals surface area contributed by atoms with Crippen LogP contribution >= 0.6 is 0 Å². The highest BCUT2D eigenvalue weighted by atomic mass is 16.5. The molecule has 0 amide bonds. The standard InChI is InChI=1S/C8H12O2/c1-10-6-5-7-3-2-4-8(7)9/h7-9H,2-4H2,1H3/t7-,8+/m0/s1. The van der Waals surface area contributed by atoms with E-state index in [1.165, 1.54) is 7.11 Å². The molecular formula is C8H12O2. The highest BCUT2D eigenvalue weighted by molar-refractivity contribution is 5.03. The number of hydrogen-bond donors (Lipinski definition) is 1. The lowest BCUT2D eigenvalue weighted by Crippen LogP contribution is -2.10. The molecule has 0 unspecified atom stereocenters. The van der Waals surface area contributed by atoms with E-state index in [-0.39, 0.29) is 12.0 Å². The molecule has 56 valence electrons. The van der Waals surface area contributed by atoms with E-state index in [4.69, 9.17) is 0 Å². The molecule has 0 aliphatic heterocycles. The fourth-order valence-corrected chi connectivity index (χ4v) is 1.24. The van der Waals surface area contributed by atoms with Crippen LogP contribution in [0.2, 0.25) is 0 Å².